The molecule has 3 rings (SSSR count). The molecule has 2 heterocycles. The zero-order valence-corrected chi connectivity index (χ0v) is 21.1. The first kappa shape index (κ1) is 25.8. The molecule has 0 spiro atoms. The van der Waals surface area contributed by atoms with E-state index in [4.69, 9.17) is 20.6 Å². The van der Waals surface area contributed by atoms with E-state index in [2.05, 4.69) is 9.69 Å². The molecule has 1 atom stereocenters. The first-order valence-electron chi connectivity index (χ1n) is 10.9. The number of ether oxygens (including phenoxy) is 1. The molecule has 0 saturated heterocycles. The van der Waals surface area contributed by atoms with Gasteiger partial charge in [-0.05, 0) is 75.1 Å². The number of nitrogens with zero attached hydrogens (tertiary/aromatic N) is 2. The van der Waals surface area contributed by atoms with Crippen LogP contribution in [0, 0.1) is 6.92 Å². The lowest BCUT2D eigenvalue weighted by atomic mass is 10.0. The van der Waals surface area contributed by atoms with E-state index >= 15 is 0 Å². The highest BCUT2D eigenvalue weighted by Crippen LogP contribution is 2.35. The number of methoxy groups -OCH3 is 1. The lowest BCUT2D eigenvalue weighted by Crippen LogP contribution is -2.50. The van der Waals surface area contributed by atoms with Gasteiger partial charge in [0.25, 0.3) is 17.7 Å². The van der Waals surface area contributed by atoms with Crippen molar-refractivity contribution in [1.82, 2.24) is 9.69 Å². The number of furan rings is 1. The van der Waals surface area contributed by atoms with Crippen molar-refractivity contribution in [1.29, 1.82) is 0 Å². The fraction of sp³-hybridized carbons (Fsp3) is 0.333. The number of rotatable bonds is 9. The van der Waals surface area contributed by atoms with Gasteiger partial charge in [-0.15, -0.1) is 0 Å². The van der Waals surface area contributed by atoms with E-state index in [0.717, 1.165) is 11.5 Å². The summed E-state index contributed by atoms with van der Waals surface area (Å²) in [7, 11) is 1.52. The number of nitrogens with two attached hydrogens (primary N) is 2. The summed E-state index contributed by atoms with van der Waals surface area (Å²) in [5.41, 5.74) is 10.9. The second-order valence-corrected chi connectivity index (χ2v) is 9.36. The molecule has 0 bridgehead atoms. The molecule has 0 saturated carbocycles. The van der Waals surface area contributed by atoms with Crippen molar-refractivity contribution in [2.45, 2.75) is 45.7 Å². The normalized spacial score (nSPS) is 12.1. The van der Waals surface area contributed by atoms with Gasteiger partial charge >= 0.3 is 0 Å². The van der Waals surface area contributed by atoms with E-state index in [0.29, 0.717) is 23.6 Å². The Bertz CT molecular complexity index is 1230. The third-order valence-electron chi connectivity index (χ3n) is 5.61. The average Bonchev–Trinajstić information content (AvgIpc) is 3.42. The van der Waals surface area contributed by atoms with E-state index in [9.17, 15) is 14.4 Å². The van der Waals surface area contributed by atoms with E-state index in [1.165, 1.54) is 12.0 Å². The summed E-state index contributed by atoms with van der Waals surface area (Å²) in [5, 5.41) is 3.00. The predicted molar refractivity (Wildman–Crippen MR) is 134 cm³/mol. The van der Waals surface area contributed by atoms with Crippen LogP contribution in [-0.2, 0) is 4.79 Å². The zero-order chi connectivity index (χ0) is 25.9. The minimum atomic E-state index is -1.19. The van der Waals surface area contributed by atoms with Crippen LogP contribution in [0.25, 0.3) is 0 Å². The maximum atomic E-state index is 13.9. The summed E-state index contributed by atoms with van der Waals surface area (Å²) in [4.78, 5) is 40.6. The Balaban J connectivity index is 2.20. The zero-order valence-electron chi connectivity index (χ0n) is 20.2. The Morgan fingerprint density at radius 1 is 1.20 bits per heavy atom. The highest BCUT2D eigenvalue weighted by molar-refractivity contribution is 7.09. The molecule has 0 aliphatic rings. The maximum Gasteiger partial charge on any atom is 0.273 e. The number of nitrogens with one attached hydrogen (secondary N) is 1. The lowest BCUT2D eigenvalue weighted by Gasteiger charge is -2.33. The van der Waals surface area contributed by atoms with Crippen molar-refractivity contribution in [3.05, 3.63) is 58.5 Å². The van der Waals surface area contributed by atoms with Gasteiger partial charge in [-0.1, -0.05) is 6.92 Å². The van der Waals surface area contributed by atoms with Crippen molar-refractivity contribution in [2.75, 3.05) is 17.7 Å². The number of nitrogen functional groups attached to an aromatic ring is 1. The minimum Gasteiger partial charge on any atom is -0.497 e. The summed E-state index contributed by atoms with van der Waals surface area (Å²) >= 11 is 0.736. The number of anilines is 2. The van der Waals surface area contributed by atoms with Crippen molar-refractivity contribution in [3.8, 4) is 5.75 Å². The third-order valence-corrected chi connectivity index (χ3v) is 6.46. The van der Waals surface area contributed by atoms with E-state index in [1.54, 1.807) is 43.3 Å². The highest BCUT2D eigenvalue weighted by Gasteiger charge is 2.39. The second-order valence-electron chi connectivity index (χ2n) is 8.59. The molecular weight excluding hydrogens is 470 g/mol. The second kappa shape index (κ2) is 10.2. The molecule has 1 aromatic carbocycles. The molecule has 0 unspecified atom stereocenters. The number of aryl methyl sites for hydroxylation is 1. The standard InChI is InChI=1S/C24H29N5O5S/c1-6-24(3,4)27-22(31)19(16-12-7-13(2)34-16)29(14-8-10-15(33-5)11-9-14)23(32)20-17(25)18(21(26)30)28-35-20/h7-12,19H,6,25H2,1-5H3,(H2,26,30)(H,27,31)/t19-/m0/s1. The summed E-state index contributed by atoms with van der Waals surface area (Å²) in [6.45, 7) is 7.46. The van der Waals surface area contributed by atoms with Gasteiger partial charge in [0.05, 0.1) is 12.8 Å². The van der Waals surface area contributed by atoms with Crippen LogP contribution in [0.5, 0.6) is 5.75 Å². The number of carbonyl (C=O) groups excluding carboxylic acids is 3. The summed E-state index contributed by atoms with van der Waals surface area (Å²) in [5.74, 6) is -0.544. The van der Waals surface area contributed by atoms with Crippen LogP contribution >= 0.6 is 11.5 Å². The minimum absolute atomic E-state index is 0.0227. The molecule has 10 nitrogen and oxygen atoms in total. The van der Waals surface area contributed by atoms with Gasteiger partial charge in [-0.3, -0.25) is 19.3 Å². The van der Waals surface area contributed by atoms with Crippen molar-refractivity contribution < 1.29 is 23.5 Å². The molecule has 0 radical (unpaired) electrons. The Hall–Kier alpha value is -3.86. The van der Waals surface area contributed by atoms with Crippen molar-refractivity contribution in [2.24, 2.45) is 5.73 Å². The topological polar surface area (TPSA) is 154 Å². The van der Waals surface area contributed by atoms with Crippen LogP contribution in [0.4, 0.5) is 11.4 Å². The summed E-state index contributed by atoms with van der Waals surface area (Å²) in [6, 6.07) is 8.79. The first-order valence-corrected chi connectivity index (χ1v) is 11.7. The monoisotopic (exact) mass is 499 g/mol. The number of benzene rings is 1. The van der Waals surface area contributed by atoms with Crippen molar-refractivity contribution >= 4 is 40.6 Å². The fourth-order valence-corrected chi connectivity index (χ4v) is 4.07. The number of aromatic nitrogens is 1. The molecule has 0 fully saturated rings. The number of hydrogen-bond donors (Lipinski definition) is 3. The van der Waals surface area contributed by atoms with Gasteiger partial charge in [0.15, 0.2) is 11.7 Å². The molecule has 0 aliphatic carbocycles. The third kappa shape index (κ3) is 5.46. The van der Waals surface area contributed by atoms with Crippen LogP contribution in [0.3, 0.4) is 0 Å². The largest absolute Gasteiger partial charge is 0.497 e. The summed E-state index contributed by atoms with van der Waals surface area (Å²) < 4.78 is 15.0. The van der Waals surface area contributed by atoms with Crippen LogP contribution < -0.4 is 26.4 Å². The molecule has 11 heteroatoms. The molecule has 0 aliphatic heterocycles. The van der Waals surface area contributed by atoms with E-state index < -0.39 is 29.3 Å². The van der Waals surface area contributed by atoms with E-state index in [1.807, 2.05) is 20.8 Å². The van der Waals surface area contributed by atoms with Gasteiger partial charge in [0.2, 0.25) is 0 Å². The molecule has 3 aromatic rings. The molecule has 2 aromatic heterocycles. The van der Waals surface area contributed by atoms with Crippen LogP contribution in [0.15, 0.2) is 40.8 Å². The predicted octanol–water partition coefficient (Wildman–Crippen LogP) is 3.43. The van der Waals surface area contributed by atoms with Gasteiger partial charge in [-0.25, -0.2) is 0 Å². The first-order chi connectivity index (χ1) is 16.5. The van der Waals surface area contributed by atoms with E-state index in [-0.39, 0.29) is 22.0 Å². The number of primary amides is 1. The number of carbonyl (C=O) groups is 3. The van der Waals surface area contributed by atoms with Crippen molar-refractivity contribution in [3.63, 3.8) is 0 Å². The lowest BCUT2D eigenvalue weighted by molar-refractivity contribution is -0.124. The van der Waals surface area contributed by atoms with Gasteiger partial charge in [0.1, 0.15) is 22.1 Å². The quantitative estimate of drug-likeness (QED) is 0.407. The van der Waals surface area contributed by atoms with Gasteiger partial charge < -0.3 is 25.9 Å². The average molecular weight is 500 g/mol. The number of hydrogen-bond acceptors (Lipinski definition) is 8. The highest BCUT2D eigenvalue weighted by atomic mass is 32.1. The number of amides is 3. The van der Waals surface area contributed by atoms with Gasteiger partial charge in [0, 0.05) is 11.2 Å². The maximum absolute atomic E-state index is 13.9. The smallest absolute Gasteiger partial charge is 0.273 e. The Morgan fingerprint density at radius 2 is 1.86 bits per heavy atom. The molecule has 5 N–H and O–H groups in total. The van der Waals surface area contributed by atoms with Crippen LogP contribution in [-0.4, -0.2) is 34.7 Å². The Labute approximate surface area is 207 Å². The van der Waals surface area contributed by atoms with Gasteiger partial charge in [-0.2, -0.15) is 4.37 Å². The molecule has 3 amide bonds. The SMILES string of the molecule is CCC(C)(C)NC(=O)[C@H](c1ccc(C)o1)N(C(=O)c1snc(C(N)=O)c1N)c1ccc(OC)cc1. The summed E-state index contributed by atoms with van der Waals surface area (Å²) in [6.07, 6.45) is 0.656. The Morgan fingerprint density at radius 3 is 2.34 bits per heavy atom. The molecule has 35 heavy (non-hydrogen) atoms. The molecule has 186 valence electrons. The van der Waals surface area contributed by atoms with Crippen LogP contribution in [0.1, 0.15) is 64.9 Å². The molecular formula is C24H29N5O5S. The Kier molecular flexibility index (Phi) is 7.49. The van der Waals surface area contributed by atoms with Crippen LogP contribution in [0.2, 0.25) is 0 Å². The fourth-order valence-electron chi connectivity index (χ4n) is 3.33.